The molecule has 1 fully saturated rings. The summed E-state index contributed by atoms with van der Waals surface area (Å²) in [6, 6.07) is 8.93. The SMILES string of the molecule is Cl.Cl.c1ccc2c(c1)ncn2CC1CCCN1. The standard InChI is InChI=1S/C12H15N3.2ClH/c1-2-6-12-11(5-1)14-9-15(12)8-10-4-3-7-13-10;;/h1-2,5-6,9-10,13H,3-4,7-8H2;2*1H. The van der Waals surface area contributed by atoms with Crippen molar-refractivity contribution in [3.05, 3.63) is 30.6 Å². The maximum absolute atomic E-state index is 4.40. The predicted octanol–water partition coefficient (Wildman–Crippen LogP) is 2.63. The summed E-state index contributed by atoms with van der Waals surface area (Å²) in [5.41, 5.74) is 2.33. The van der Waals surface area contributed by atoms with Crippen molar-refractivity contribution in [2.24, 2.45) is 0 Å². The van der Waals surface area contributed by atoms with E-state index in [0.717, 1.165) is 18.6 Å². The minimum absolute atomic E-state index is 0. The van der Waals surface area contributed by atoms with Gasteiger partial charge < -0.3 is 9.88 Å². The molecule has 2 heterocycles. The molecular formula is C12H17Cl2N3. The van der Waals surface area contributed by atoms with Crippen LogP contribution in [0.2, 0.25) is 0 Å². The fourth-order valence-electron chi connectivity index (χ4n) is 2.31. The zero-order valence-corrected chi connectivity index (χ0v) is 11.1. The van der Waals surface area contributed by atoms with E-state index >= 15 is 0 Å². The third-order valence-corrected chi connectivity index (χ3v) is 3.11. The van der Waals surface area contributed by atoms with E-state index < -0.39 is 0 Å². The molecule has 0 aliphatic carbocycles. The number of para-hydroxylation sites is 2. The van der Waals surface area contributed by atoms with Gasteiger partial charge in [-0.05, 0) is 31.5 Å². The van der Waals surface area contributed by atoms with E-state index in [1.54, 1.807) is 0 Å². The summed E-state index contributed by atoms with van der Waals surface area (Å²) in [5, 5.41) is 3.51. The number of halogens is 2. The van der Waals surface area contributed by atoms with Crippen LogP contribution in [0.25, 0.3) is 11.0 Å². The number of rotatable bonds is 2. The second kappa shape index (κ2) is 6.24. The predicted molar refractivity (Wildman–Crippen MR) is 75.3 cm³/mol. The van der Waals surface area contributed by atoms with Crippen LogP contribution in [0.4, 0.5) is 0 Å². The quantitative estimate of drug-likeness (QED) is 0.912. The van der Waals surface area contributed by atoms with Gasteiger partial charge in [-0.2, -0.15) is 0 Å². The Morgan fingerprint density at radius 2 is 2.12 bits per heavy atom. The Morgan fingerprint density at radius 1 is 1.29 bits per heavy atom. The largest absolute Gasteiger partial charge is 0.329 e. The molecule has 5 heteroatoms. The number of aromatic nitrogens is 2. The van der Waals surface area contributed by atoms with Crippen molar-refractivity contribution >= 4 is 35.8 Å². The van der Waals surface area contributed by atoms with Gasteiger partial charge >= 0.3 is 0 Å². The molecule has 1 aliphatic heterocycles. The smallest absolute Gasteiger partial charge is 0.0958 e. The molecule has 3 nitrogen and oxygen atoms in total. The molecule has 1 atom stereocenters. The van der Waals surface area contributed by atoms with Gasteiger partial charge in [-0.1, -0.05) is 12.1 Å². The lowest BCUT2D eigenvalue weighted by Gasteiger charge is -2.11. The van der Waals surface area contributed by atoms with E-state index in [1.165, 1.54) is 18.4 Å². The summed E-state index contributed by atoms with van der Waals surface area (Å²) >= 11 is 0. The van der Waals surface area contributed by atoms with Crippen molar-refractivity contribution in [2.75, 3.05) is 6.54 Å². The molecule has 0 spiro atoms. The molecule has 0 bridgehead atoms. The van der Waals surface area contributed by atoms with E-state index in [0.29, 0.717) is 6.04 Å². The number of nitrogens with zero attached hydrogens (tertiary/aromatic N) is 2. The lowest BCUT2D eigenvalue weighted by atomic mass is 10.2. The van der Waals surface area contributed by atoms with Gasteiger partial charge in [0, 0.05) is 12.6 Å². The molecule has 1 saturated heterocycles. The molecule has 94 valence electrons. The van der Waals surface area contributed by atoms with E-state index in [2.05, 4.69) is 33.1 Å². The molecule has 1 aromatic heterocycles. The van der Waals surface area contributed by atoms with Crippen LogP contribution in [0.15, 0.2) is 30.6 Å². The number of hydrogen-bond donors (Lipinski definition) is 1. The third kappa shape index (κ3) is 2.92. The van der Waals surface area contributed by atoms with Crippen LogP contribution in [0.5, 0.6) is 0 Å². The highest BCUT2D eigenvalue weighted by Gasteiger charge is 2.15. The first-order chi connectivity index (χ1) is 7.43. The van der Waals surface area contributed by atoms with Crippen molar-refractivity contribution in [1.82, 2.24) is 14.9 Å². The van der Waals surface area contributed by atoms with Gasteiger partial charge in [0.15, 0.2) is 0 Å². The third-order valence-electron chi connectivity index (χ3n) is 3.11. The monoisotopic (exact) mass is 273 g/mol. The van der Waals surface area contributed by atoms with Crippen molar-refractivity contribution in [3.63, 3.8) is 0 Å². The zero-order chi connectivity index (χ0) is 10.1. The fraction of sp³-hybridized carbons (Fsp3) is 0.417. The first kappa shape index (κ1) is 14.3. The molecular weight excluding hydrogens is 257 g/mol. The van der Waals surface area contributed by atoms with E-state index in [4.69, 9.17) is 0 Å². The van der Waals surface area contributed by atoms with Gasteiger partial charge in [0.25, 0.3) is 0 Å². The number of nitrogens with one attached hydrogen (secondary N) is 1. The lowest BCUT2D eigenvalue weighted by Crippen LogP contribution is -2.26. The fourth-order valence-corrected chi connectivity index (χ4v) is 2.31. The maximum Gasteiger partial charge on any atom is 0.0958 e. The van der Waals surface area contributed by atoms with E-state index in [-0.39, 0.29) is 24.8 Å². The number of benzene rings is 1. The van der Waals surface area contributed by atoms with Crippen LogP contribution in [-0.2, 0) is 6.54 Å². The van der Waals surface area contributed by atoms with Crippen molar-refractivity contribution in [1.29, 1.82) is 0 Å². The van der Waals surface area contributed by atoms with Crippen LogP contribution >= 0.6 is 24.8 Å². The molecule has 0 amide bonds. The highest BCUT2D eigenvalue weighted by molar-refractivity contribution is 5.85. The van der Waals surface area contributed by atoms with Crippen LogP contribution in [0, 0.1) is 0 Å². The molecule has 0 radical (unpaired) electrons. The number of fused-ring (bicyclic) bond motifs is 1. The summed E-state index contributed by atoms with van der Waals surface area (Å²) < 4.78 is 2.25. The van der Waals surface area contributed by atoms with Crippen LogP contribution < -0.4 is 5.32 Å². The number of imidazole rings is 1. The highest BCUT2D eigenvalue weighted by Crippen LogP contribution is 2.14. The molecule has 1 aliphatic rings. The first-order valence-corrected chi connectivity index (χ1v) is 5.57. The Bertz CT molecular complexity index is 463. The molecule has 1 N–H and O–H groups in total. The minimum atomic E-state index is 0. The Balaban J connectivity index is 0.000000722. The van der Waals surface area contributed by atoms with E-state index in [9.17, 15) is 0 Å². The van der Waals surface area contributed by atoms with Gasteiger partial charge in [-0.25, -0.2) is 4.98 Å². The van der Waals surface area contributed by atoms with Gasteiger partial charge in [-0.3, -0.25) is 0 Å². The Kier molecular flexibility index (Phi) is 5.25. The van der Waals surface area contributed by atoms with Gasteiger partial charge in [0.1, 0.15) is 0 Å². The molecule has 1 aromatic carbocycles. The van der Waals surface area contributed by atoms with Crippen LogP contribution in [0.3, 0.4) is 0 Å². The normalized spacial score (nSPS) is 18.7. The molecule has 2 aromatic rings. The summed E-state index contributed by atoms with van der Waals surface area (Å²) in [7, 11) is 0. The van der Waals surface area contributed by atoms with E-state index in [1.807, 2.05) is 12.4 Å². The lowest BCUT2D eigenvalue weighted by molar-refractivity contribution is 0.517. The van der Waals surface area contributed by atoms with Crippen molar-refractivity contribution in [2.45, 2.75) is 25.4 Å². The van der Waals surface area contributed by atoms with Crippen LogP contribution in [-0.4, -0.2) is 22.1 Å². The Morgan fingerprint density at radius 3 is 2.88 bits per heavy atom. The second-order valence-corrected chi connectivity index (χ2v) is 4.18. The highest BCUT2D eigenvalue weighted by atomic mass is 35.5. The van der Waals surface area contributed by atoms with Crippen molar-refractivity contribution < 1.29 is 0 Å². The average Bonchev–Trinajstić information content (AvgIpc) is 2.89. The first-order valence-electron chi connectivity index (χ1n) is 5.57. The molecule has 17 heavy (non-hydrogen) atoms. The van der Waals surface area contributed by atoms with Gasteiger partial charge in [-0.15, -0.1) is 24.8 Å². The topological polar surface area (TPSA) is 29.9 Å². The van der Waals surface area contributed by atoms with Gasteiger partial charge in [0.05, 0.1) is 17.4 Å². The molecule has 1 unspecified atom stereocenters. The second-order valence-electron chi connectivity index (χ2n) is 4.18. The summed E-state index contributed by atoms with van der Waals surface area (Å²) in [4.78, 5) is 4.40. The summed E-state index contributed by atoms with van der Waals surface area (Å²) in [5.74, 6) is 0. The Hall–Kier alpha value is -0.770. The Labute approximate surface area is 113 Å². The number of hydrogen-bond acceptors (Lipinski definition) is 2. The van der Waals surface area contributed by atoms with Gasteiger partial charge in [0.2, 0.25) is 0 Å². The molecule has 3 rings (SSSR count). The summed E-state index contributed by atoms with van der Waals surface area (Å²) in [6.07, 6.45) is 4.54. The average molecular weight is 274 g/mol. The molecule has 0 saturated carbocycles. The van der Waals surface area contributed by atoms with Crippen LogP contribution in [0.1, 0.15) is 12.8 Å². The minimum Gasteiger partial charge on any atom is -0.329 e. The van der Waals surface area contributed by atoms with Crippen molar-refractivity contribution in [3.8, 4) is 0 Å². The zero-order valence-electron chi connectivity index (χ0n) is 9.50. The summed E-state index contributed by atoms with van der Waals surface area (Å²) in [6.45, 7) is 2.21. The maximum atomic E-state index is 4.40.